The van der Waals surface area contributed by atoms with Crippen LogP contribution in [0.2, 0.25) is 0 Å². The third-order valence-corrected chi connectivity index (χ3v) is 3.03. The number of carbonyl (C=O) groups is 1. The minimum absolute atomic E-state index is 0.0587. The van der Waals surface area contributed by atoms with E-state index in [0.717, 1.165) is 6.42 Å². The summed E-state index contributed by atoms with van der Waals surface area (Å²) in [5.74, 6) is -0.787. The standard InChI is InChI=1S/C11H14BrNO3/c1-2-8(6-12)13-11(16)7-3-4-9(14)10(15)5-7/h3-5,8,14-15H,2,6H2,1H3,(H,13,16). The lowest BCUT2D eigenvalue weighted by Crippen LogP contribution is -2.35. The predicted octanol–water partition coefficient (Wildman–Crippen LogP) is 2.00. The first-order chi connectivity index (χ1) is 7.58. The number of phenols is 2. The number of aromatic hydroxyl groups is 2. The molecule has 0 aliphatic rings. The fraction of sp³-hybridized carbons (Fsp3) is 0.364. The molecule has 0 aliphatic carbocycles. The topological polar surface area (TPSA) is 69.6 Å². The Hall–Kier alpha value is -1.23. The summed E-state index contributed by atoms with van der Waals surface area (Å²) in [6.45, 7) is 1.97. The van der Waals surface area contributed by atoms with Crippen molar-refractivity contribution < 1.29 is 15.0 Å². The van der Waals surface area contributed by atoms with Gasteiger partial charge in [-0.3, -0.25) is 4.79 Å². The van der Waals surface area contributed by atoms with Crippen LogP contribution in [-0.2, 0) is 0 Å². The summed E-state index contributed by atoms with van der Waals surface area (Å²) in [5, 5.41) is 21.8. The van der Waals surface area contributed by atoms with Gasteiger partial charge in [0.2, 0.25) is 0 Å². The molecule has 0 spiro atoms. The van der Waals surface area contributed by atoms with Gasteiger partial charge < -0.3 is 15.5 Å². The van der Waals surface area contributed by atoms with E-state index in [0.29, 0.717) is 10.9 Å². The van der Waals surface area contributed by atoms with Crippen molar-refractivity contribution in [1.29, 1.82) is 0 Å². The van der Waals surface area contributed by atoms with Gasteiger partial charge in [0.15, 0.2) is 11.5 Å². The Morgan fingerprint density at radius 1 is 1.44 bits per heavy atom. The van der Waals surface area contributed by atoms with Crippen molar-refractivity contribution in [3.05, 3.63) is 23.8 Å². The summed E-state index contributed by atoms with van der Waals surface area (Å²) in [6.07, 6.45) is 0.820. The SMILES string of the molecule is CCC(CBr)NC(=O)c1ccc(O)c(O)c1. The third-order valence-electron chi connectivity index (χ3n) is 2.25. The van der Waals surface area contributed by atoms with Crippen molar-refractivity contribution in [2.24, 2.45) is 0 Å². The maximum atomic E-state index is 11.7. The first-order valence-corrected chi connectivity index (χ1v) is 6.09. The molecule has 1 rings (SSSR count). The van der Waals surface area contributed by atoms with E-state index in [2.05, 4.69) is 21.2 Å². The zero-order valence-electron chi connectivity index (χ0n) is 8.90. The highest BCUT2D eigenvalue weighted by Gasteiger charge is 2.12. The lowest BCUT2D eigenvalue weighted by atomic mass is 10.1. The molecule has 0 aliphatic heterocycles. The third kappa shape index (κ3) is 3.13. The highest BCUT2D eigenvalue weighted by molar-refractivity contribution is 9.09. The van der Waals surface area contributed by atoms with Crippen molar-refractivity contribution in [2.75, 3.05) is 5.33 Å². The summed E-state index contributed by atoms with van der Waals surface area (Å²) < 4.78 is 0. The number of nitrogens with one attached hydrogen (secondary N) is 1. The Labute approximate surface area is 102 Å². The van der Waals surface area contributed by atoms with Crippen molar-refractivity contribution in [1.82, 2.24) is 5.32 Å². The highest BCUT2D eigenvalue weighted by Crippen LogP contribution is 2.24. The van der Waals surface area contributed by atoms with Crippen LogP contribution in [0, 0.1) is 0 Å². The van der Waals surface area contributed by atoms with Gasteiger partial charge in [0, 0.05) is 16.9 Å². The molecule has 1 aromatic carbocycles. The van der Waals surface area contributed by atoms with E-state index in [9.17, 15) is 9.90 Å². The molecular weight excluding hydrogens is 274 g/mol. The number of halogens is 1. The van der Waals surface area contributed by atoms with Gasteiger partial charge in [-0.2, -0.15) is 0 Å². The fourth-order valence-electron chi connectivity index (χ4n) is 1.18. The molecule has 4 nitrogen and oxygen atoms in total. The quantitative estimate of drug-likeness (QED) is 0.586. The molecule has 1 amide bonds. The molecule has 1 unspecified atom stereocenters. The normalized spacial score (nSPS) is 12.1. The average Bonchev–Trinajstić information content (AvgIpc) is 2.29. The van der Waals surface area contributed by atoms with E-state index in [1.54, 1.807) is 0 Å². The van der Waals surface area contributed by atoms with Crippen LogP contribution in [0.3, 0.4) is 0 Å². The lowest BCUT2D eigenvalue weighted by Gasteiger charge is -2.14. The molecule has 0 bridgehead atoms. The zero-order chi connectivity index (χ0) is 12.1. The van der Waals surface area contributed by atoms with E-state index < -0.39 is 0 Å². The van der Waals surface area contributed by atoms with Gasteiger partial charge in [-0.15, -0.1) is 0 Å². The maximum absolute atomic E-state index is 11.7. The van der Waals surface area contributed by atoms with Gasteiger partial charge in [0.25, 0.3) is 5.91 Å². The molecule has 0 radical (unpaired) electrons. The molecule has 3 N–H and O–H groups in total. The molecule has 0 saturated carbocycles. The molecule has 1 aromatic rings. The maximum Gasteiger partial charge on any atom is 0.251 e. The first kappa shape index (κ1) is 12.8. The molecule has 0 fully saturated rings. The van der Waals surface area contributed by atoms with Crippen LogP contribution in [0.1, 0.15) is 23.7 Å². The summed E-state index contributed by atoms with van der Waals surface area (Å²) in [7, 11) is 0. The summed E-state index contributed by atoms with van der Waals surface area (Å²) in [5.41, 5.74) is 0.328. The van der Waals surface area contributed by atoms with Crippen molar-refractivity contribution in [3.63, 3.8) is 0 Å². The number of hydrogen-bond donors (Lipinski definition) is 3. The van der Waals surface area contributed by atoms with E-state index >= 15 is 0 Å². The van der Waals surface area contributed by atoms with Crippen LogP contribution in [-0.4, -0.2) is 27.5 Å². The lowest BCUT2D eigenvalue weighted by molar-refractivity contribution is 0.0940. The van der Waals surface area contributed by atoms with Gasteiger partial charge in [-0.25, -0.2) is 0 Å². The van der Waals surface area contributed by atoms with Crippen molar-refractivity contribution in [2.45, 2.75) is 19.4 Å². The Bertz CT molecular complexity index is 377. The zero-order valence-corrected chi connectivity index (χ0v) is 10.5. The molecule has 5 heteroatoms. The molecule has 0 heterocycles. The molecule has 1 atom stereocenters. The molecule has 16 heavy (non-hydrogen) atoms. The second-order valence-electron chi connectivity index (χ2n) is 3.44. The number of hydrogen-bond acceptors (Lipinski definition) is 3. The van der Waals surface area contributed by atoms with E-state index in [-0.39, 0.29) is 23.4 Å². The Morgan fingerprint density at radius 3 is 2.62 bits per heavy atom. The minimum Gasteiger partial charge on any atom is -0.504 e. The number of alkyl halides is 1. The first-order valence-electron chi connectivity index (χ1n) is 4.97. The van der Waals surface area contributed by atoms with E-state index in [4.69, 9.17) is 5.11 Å². The van der Waals surface area contributed by atoms with E-state index in [1.807, 2.05) is 6.92 Å². The fourth-order valence-corrected chi connectivity index (χ4v) is 1.80. The second kappa shape index (κ2) is 5.75. The number of phenolic OH excluding ortho intramolecular Hbond substituents is 2. The van der Waals surface area contributed by atoms with Crippen LogP contribution in [0.25, 0.3) is 0 Å². The predicted molar refractivity (Wildman–Crippen MR) is 65.1 cm³/mol. The largest absolute Gasteiger partial charge is 0.504 e. The molecular formula is C11H14BrNO3. The molecule has 0 saturated heterocycles. The van der Waals surface area contributed by atoms with Crippen LogP contribution < -0.4 is 5.32 Å². The van der Waals surface area contributed by atoms with Gasteiger partial charge >= 0.3 is 0 Å². The summed E-state index contributed by atoms with van der Waals surface area (Å²) in [4.78, 5) is 11.7. The highest BCUT2D eigenvalue weighted by atomic mass is 79.9. The number of amides is 1. The monoisotopic (exact) mass is 287 g/mol. The van der Waals surface area contributed by atoms with Crippen molar-refractivity contribution in [3.8, 4) is 11.5 Å². The minimum atomic E-state index is -0.292. The van der Waals surface area contributed by atoms with Gasteiger partial charge in [-0.1, -0.05) is 22.9 Å². The Balaban J connectivity index is 2.76. The van der Waals surface area contributed by atoms with Crippen LogP contribution >= 0.6 is 15.9 Å². The van der Waals surface area contributed by atoms with Gasteiger partial charge in [-0.05, 0) is 24.6 Å². The van der Waals surface area contributed by atoms with E-state index in [1.165, 1.54) is 18.2 Å². The molecule has 0 aromatic heterocycles. The van der Waals surface area contributed by atoms with Crippen LogP contribution in [0.15, 0.2) is 18.2 Å². The Morgan fingerprint density at radius 2 is 2.12 bits per heavy atom. The number of carbonyl (C=O) groups excluding carboxylic acids is 1. The van der Waals surface area contributed by atoms with Gasteiger partial charge in [0.1, 0.15) is 0 Å². The average molecular weight is 288 g/mol. The summed E-state index contributed by atoms with van der Waals surface area (Å²) >= 11 is 3.30. The van der Waals surface area contributed by atoms with Crippen LogP contribution in [0.4, 0.5) is 0 Å². The smallest absolute Gasteiger partial charge is 0.251 e. The van der Waals surface area contributed by atoms with Crippen LogP contribution in [0.5, 0.6) is 11.5 Å². The molecule has 88 valence electrons. The summed E-state index contributed by atoms with van der Waals surface area (Å²) in [6, 6.07) is 4.06. The Kier molecular flexibility index (Phi) is 4.61. The van der Waals surface area contributed by atoms with Gasteiger partial charge in [0.05, 0.1) is 0 Å². The number of rotatable bonds is 4. The second-order valence-corrected chi connectivity index (χ2v) is 4.08. The van der Waals surface area contributed by atoms with Crippen molar-refractivity contribution >= 4 is 21.8 Å². The number of benzene rings is 1.